The van der Waals surface area contributed by atoms with E-state index in [1.165, 1.54) is 0 Å². The van der Waals surface area contributed by atoms with Gasteiger partial charge < -0.3 is 10.6 Å². The molecule has 1 aliphatic heterocycles. The van der Waals surface area contributed by atoms with Crippen LogP contribution in [0.2, 0.25) is 0 Å². The first kappa shape index (κ1) is 11.7. The quantitative estimate of drug-likeness (QED) is 0.707. The van der Waals surface area contributed by atoms with Gasteiger partial charge in [-0.05, 0) is 19.8 Å². The van der Waals surface area contributed by atoms with E-state index in [1.54, 1.807) is 11.2 Å². The van der Waals surface area contributed by atoms with Crippen LogP contribution >= 0.6 is 0 Å². The number of carbonyl (C=O) groups excluding carboxylic acids is 1. The number of hydrogen-bond donors (Lipinski definition) is 1. The van der Waals surface area contributed by atoms with Crippen LogP contribution in [0.5, 0.6) is 0 Å². The molecule has 14 heavy (non-hydrogen) atoms. The minimum atomic E-state index is -0.858. The zero-order valence-corrected chi connectivity index (χ0v) is 9.55. The lowest BCUT2D eigenvalue weighted by Crippen LogP contribution is -2.52. The van der Waals surface area contributed by atoms with Crippen LogP contribution in [0.3, 0.4) is 0 Å². The fraction of sp³-hybridized carbons (Fsp3) is 0.889. The first-order valence-electron chi connectivity index (χ1n) is 4.88. The highest BCUT2D eigenvalue weighted by molar-refractivity contribution is 7.84. The number of hydrogen-bond acceptors (Lipinski definition) is 3. The topological polar surface area (TPSA) is 63.4 Å². The zero-order valence-electron chi connectivity index (χ0n) is 8.73. The fourth-order valence-electron chi connectivity index (χ4n) is 1.80. The zero-order chi connectivity index (χ0) is 10.7. The van der Waals surface area contributed by atoms with E-state index >= 15 is 0 Å². The lowest BCUT2D eigenvalue weighted by atomic mass is 10.0. The Balaban J connectivity index is 2.57. The van der Waals surface area contributed by atoms with Crippen molar-refractivity contribution in [1.29, 1.82) is 0 Å². The van der Waals surface area contributed by atoms with E-state index in [2.05, 4.69) is 0 Å². The SMILES string of the molecule is CC(CS(C)=O)N1CCCC(N)C1=O. The molecule has 4 nitrogen and oxygen atoms in total. The molecule has 0 saturated carbocycles. The molecule has 3 atom stereocenters. The molecule has 3 unspecified atom stereocenters. The van der Waals surface area contributed by atoms with Crippen LogP contribution in [0.15, 0.2) is 0 Å². The van der Waals surface area contributed by atoms with E-state index in [0.717, 1.165) is 19.4 Å². The van der Waals surface area contributed by atoms with E-state index in [4.69, 9.17) is 5.73 Å². The third kappa shape index (κ3) is 2.78. The minimum Gasteiger partial charge on any atom is -0.338 e. The fourth-order valence-corrected chi connectivity index (χ4v) is 2.65. The van der Waals surface area contributed by atoms with Crippen molar-refractivity contribution in [3.8, 4) is 0 Å². The van der Waals surface area contributed by atoms with Crippen molar-refractivity contribution in [1.82, 2.24) is 4.90 Å². The first-order chi connectivity index (χ1) is 6.52. The van der Waals surface area contributed by atoms with E-state index < -0.39 is 10.8 Å². The molecule has 1 fully saturated rings. The maximum atomic E-state index is 11.7. The third-order valence-electron chi connectivity index (χ3n) is 2.52. The predicted molar refractivity (Wildman–Crippen MR) is 57.3 cm³/mol. The number of piperidine rings is 1. The lowest BCUT2D eigenvalue weighted by molar-refractivity contribution is -0.136. The van der Waals surface area contributed by atoms with E-state index in [1.807, 2.05) is 6.92 Å². The summed E-state index contributed by atoms with van der Waals surface area (Å²) in [6, 6.07) is -0.309. The normalized spacial score (nSPS) is 27.5. The van der Waals surface area contributed by atoms with Gasteiger partial charge in [-0.3, -0.25) is 9.00 Å². The van der Waals surface area contributed by atoms with Gasteiger partial charge >= 0.3 is 0 Å². The average molecular weight is 218 g/mol. The molecule has 0 aliphatic carbocycles. The summed E-state index contributed by atoms with van der Waals surface area (Å²) in [6.45, 7) is 2.68. The molecule has 1 saturated heterocycles. The molecule has 0 aromatic carbocycles. The summed E-state index contributed by atoms with van der Waals surface area (Å²) in [4.78, 5) is 13.4. The van der Waals surface area contributed by atoms with Gasteiger partial charge in [0.05, 0.1) is 6.04 Å². The van der Waals surface area contributed by atoms with Gasteiger partial charge in [-0.2, -0.15) is 0 Å². The van der Waals surface area contributed by atoms with Crippen LogP contribution in [-0.4, -0.2) is 45.7 Å². The Morgan fingerprint density at radius 2 is 2.36 bits per heavy atom. The number of nitrogens with two attached hydrogens (primary N) is 1. The van der Waals surface area contributed by atoms with Crippen molar-refractivity contribution in [2.75, 3.05) is 18.6 Å². The summed E-state index contributed by atoms with van der Waals surface area (Å²) < 4.78 is 11.0. The van der Waals surface area contributed by atoms with Crippen LogP contribution < -0.4 is 5.73 Å². The highest BCUT2D eigenvalue weighted by atomic mass is 32.2. The van der Waals surface area contributed by atoms with Crippen LogP contribution in [-0.2, 0) is 15.6 Å². The van der Waals surface area contributed by atoms with E-state index in [9.17, 15) is 9.00 Å². The van der Waals surface area contributed by atoms with Gasteiger partial charge in [0.2, 0.25) is 5.91 Å². The maximum absolute atomic E-state index is 11.7. The Kier molecular flexibility index (Phi) is 4.07. The van der Waals surface area contributed by atoms with Crippen molar-refractivity contribution >= 4 is 16.7 Å². The van der Waals surface area contributed by atoms with Crippen molar-refractivity contribution in [2.24, 2.45) is 5.73 Å². The summed E-state index contributed by atoms with van der Waals surface area (Å²) in [5.74, 6) is 0.549. The van der Waals surface area contributed by atoms with Gasteiger partial charge in [0.25, 0.3) is 0 Å². The summed E-state index contributed by atoms with van der Waals surface area (Å²) in [7, 11) is -0.858. The van der Waals surface area contributed by atoms with Gasteiger partial charge in [0, 0.05) is 35.4 Å². The molecule has 2 N–H and O–H groups in total. The molecule has 0 aromatic heterocycles. The molecule has 0 spiro atoms. The molecule has 1 heterocycles. The lowest BCUT2D eigenvalue weighted by Gasteiger charge is -2.34. The van der Waals surface area contributed by atoms with E-state index in [0.29, 0.717) is 5.75 Å². The first-order valence-corrected chi connectivity index (χ1v) is 6.61. The third-order valence-corrected chi connectivity index (χ3v) is 3.47. The summed E-state index contributed by atoms with van der Waals surface area (Å²) in [6.07, 6.45) is 3.38. The summed E-state index contributed by atoms with van der Waals surface area (Å²) >= 11 is 0. The van der Waals surface area contributed by atoms with E-state index in [-0.39, 0.29) is 18.0 Å². The second-order valence-electron chi connectivity index (χ2n) is 3.87. The Hall–Kier alpha value is -0.420. The highest BCUT2D eigenvalue weighted by Crippen LogP contribution is 2.13. The Morgan fingerprint density at radius 1 is 1.71 bits per heavy atom. The monoisotopic (exact) mass is 218 g/mol. The van der Waals surface area contributed by atoms with Crippen molar-refractivity contribution in [3.63, 3.8) is 0 Å². The number of nitrogens with zero attached hydrogens (tertiary/aromatic N) is 1. The number of carbonyl (C=O) groups is 1. The molecular formula is C9H18N2O2S. The second-order valence-corrected chi connectivity index (χ2v) is 5.35. The van der Waals surface area contributed by atoms with Crippen LogP contribution in [0.25, 0.3) is 0 Å². The van der Waals surface area contributed by atoms with Gasteiger partial charge in [-0.1, -0.05) is 0 Å². The van der Waals surface area contributed by atoms with Crippen molar-refractivity contribution < 1.29 is 9.00 Å². The molecule has 0 bridgehead atoms. The van der Waals surface area contributed by atoms with Crippen LogP contribution in [0.1, 0.15) is 19.8 Å². The average Bonchev–Trinajstić information content (AvgIpc) is 2.08. The second kappa shape index (κ2) is 4.89. The Bertz CT molecular complexity index is 245. The van der Waals surface area contributed by atoms with Crippen molar-refractivity contribution in [2.45, 2.75) is 31.8 Å². The Labute approximate surface area is 87.3 Å². The molecule has 0 aromatic rings. The molecule has 5 heteroatoms. The molecule has 1 aliphatic rings. The van der Waals surface area contributed by atoms with Gasteiger partial charge in [-0.25, -0.2) is 0 Å². The van der Waals surface area contributed by atoms with Gasteiger partial charge in [0.15, 0.2) is 0 Å². The minimum absolute atomic E-state index is 0.00852. The number of likely N-dealkylation sites (tertiary alicyclic amines) is 1. The molecule has 1 amide bonds. The number of amides is 1. The van der Waals surface area contributed by atoms with Crippen LogP contribution in [0.4, 0.5) is 0 Å². The molecule has 0 radical (unpaired) electrons. The van der Waals surface area contributed by atoms with Gasteiger partial charge in [-0.15, -0.1) is 0 Å². The summed E-state index contributed by atoms with van der Waals surface area (Å²) in [5.41, 5.74) is 5.67. The standard InChI is InChI=1S/C9H18N2O2S/c1-7(6-14(2)13)11-5-3-4-8(10)9(11)12/h7-8H,3-6,10H2,1-2H3. The smallest absolute Gasteiger partial charge is 0.239 e. The maximum Gasteiger partial charge on any atom is 0.239 e. The Morgan fingerprint density at radius 3 is 2.93 bits per heavy atom. The van der Waals surface area contributed by atoms with Crippen LogP contribution in [0, 0.1) is 0 Å². The molecule has 82 valence electrons. The summed E-state index contributed by atoms with van der Waals surface area (Å²) in [5, 5.41) is 0. The van der Waals surface area contributed by atoms with Crippen molar-refractivity contribution in [3.05, 3.63) is 0 Å². The molecule has 1 rings (SSSR count). The highest BCUT2D eigenvalue weighted by Gasteiger charge is 2.29. The predicted octanol–water partition coefficient (Wildman–Crippen LogP) is -0.297. The molecular weight excluding hydrogens is 200 g/mol. The number of rotatable bonds is 3. The van der Waals surface area contributed by atoms with Gasteiger partial charge in [0.1, 0.15) is 0 Å². The largest absolute Gasteiger partial charge is 0.338 e.